The fraction of sp³-hybridized carbons (Fsp3) is 0.0714. The molecule has 33 heavy (non-hydrogen) atoms. The van der Waals surface area contributed by atoms with E-state index < -0.39 is 7.26 Å². The van der Waals surface area contributed by atoms with Crippen molar-refractivity contribution in [1.82, 2.24) is 4.90 Å². The molecule has 3 nitrogen and oxygen atoms in total. The van der Waals surface area contributed by atoms with Gasteiger partial charge in [-0.25, -0.2) is 0 Å². The highest BCUT2D eigenvalue weighted by atomic mass is 79.9. The normalized spacial score (nSPS) is 12.9. The summed E-state index contributed by atoms with van der Waals surface area (Å²) in [7, 11) is -2.10. The fourth-order valence-corrected chi connectivity index (χ4v) is 8.79. The SMILES string of the molecule is O=C1c2ccccc2C(=O)N1CC[P+](c1ccccc1)(c1ccccc1)c1ccccc1.[Br-]. The van der Waals surface area contributed by atoms with Gasteiger partial charge in [-0.2, -0.15) is 0 Å². The van der Waals surface area contributed by atoms with E-state index in [0.29, 0.717) is 23.8 Å². The number of hydrogen-bond donors (Lipinski definition) is 0. The van der Waals surface area contributed by atoms with E-state index in [1.54, 1.807) is 12.1 Å². The molecule has 0 aromatic heterocycles. The molecule has 1 aliphatic heterocycles. The van der Waals surface area contributed by atoms with Crippen molar-refractivity contribution in [3.63, 3.8) is 0 Å². The van der Waals surface area contributed by atoms with Crippen molar-refractivity contribution in [3.05, 3.63) is 126 Å². The Hall–Kier alpha value is -3.07. The van der Waals surface area contributed by atoms with Crippen LogP contribution in [-0.4, -0.2) is 29.4 Å². The summed E-state index contributed by atoms with van der Waals surface area (Å²) < 4.78 is 0. The number of hydrogen-bond acceptors (Lipinski definition) is 2. The van der Waals surface area contributed by atoms with E-state index in [1.807, 2.05) is 30.3 Å². The number of amides is 2. The van der Waals surface area contributed by atoms with Gasteiger partial charge in [-0.1, -0.05) is 66.7 Å². The van der Waals surface area contributed by atoms with Crippen LogP contribution in [0.4, 0.5) is 0 Å². The Morgan fingerprint density at radius 1 is 0.515 bits per heavy atom. The lowest BCUT2D eigenvalue weighted by molar-refractivity contribution is -0.0000293. The van der Waals surface area contributed by atoms with Crippen LogP contribution in [0.3, 0.4) is 0 Å². The van der Waals surface area contributed by atoms with Crippen LogP contribution in [-0.2, 0) is 0 Å². The van der Waals surface area contributed by atoms with Crippen molar-refractivity contribution in [3.8, 4) is 0 Å². The van der Waals surface area contributed by atoms with Crippen molar-refractivity contribution in [1.29, 1.82) is 0 Å². The Labute approximate surface area is 205 Å². The minimum atomic E-state index is -2.10. The van der Waals surface area contributed by atoms with Gasteiger partial charge in [-0.3, -0.25) is 14.5 Å². The lowest BCUT2D eigenvalue weighted by atomic mass is 10.1. The number of halogens is 1. The largest absolute Gasteiger partial charge is 1.00 e. The third-order valence-corrected chi connectivity index (χ3v) is 10.5. The highest BCUT2D eigenvalue weighted by Gasteiger charge is 2.47. The quantitative estimate of drug-likeness (QED) is 0.286. The minimum absolute atomic E-state index is 0. The van der Waals surface area contributed by atoms with E-state index in [2.05, 4.69) is 72.8 Å². The van der Waals surface area contributed by atoms with Gasteiger partial charge in [0.05, 0.1) is 23.8 Å². The maximum atomic E-state index is 13.1. The first-order chi connectivity index (χ1) is 15.7. The van der Waals surface area contributed by atoms with Gasteiger partial charge >= 0.3 is 0 Å². The summed E-state index contributed by atoms with van der Waals surface area (Å²) in [6.07, 6.45) is 0.691. The van der Waals surface area contributed by atoms with E-state index in [1.165, 1.54) is 20.8 Å². The van der Waals surface area contributed by atoms with Crippen LogP contribution in [0, 0.1) is 0 Å². The zero-order chi connectivity index (χ0) is 22.0. The number of fused-ring (bicyclic) bond motifs is 1. The first-order valence-corrected chi connectivity index (χ1v) is 12.7. The van der Waals surface area contributed by atoms with Gasteiger partial charge in [0.2, 0.25) is 0 Å². The molecule has 0 saturated heterocycles. The summed E-state index contributed by atoms with van der Waals surface area (Å²) in [6.45, 7) is 0.374. The summed E-state index contributed by atoms with van der Waals surface area (Å²) in [5.41, 5.74) is 1.00. The Balaban J connectivity index is 0.00000259. The van der Waals surface area contributed by atoms with Crippen LogP contribution >= 0.6 is 7.26 Å². The average Bonchev–Trinajstić information content (AvgIpc) is 3.11. The number of carbonyl (C=O) groups excluding carboxylic acids is 2. The van der Waals surface area contributed by atoms with Crippen molar-refractivity contribution in [2.24, 2.45) is 0 Å². The molecule has 0 spiro atoms. The Bertz CT molecular complexity index is 1130. The summed E-state index contributed by atoms with van der Waals surface area (Å²) in [4.78, 5) is 27.5. The molecule has 1 heterocycles. The number of carbonyl (C=O) groups is 2. The molecule has 2 amide bonds. The smallest absolute Gasteiger partial charge is 0.261 e. The van der Waals surface area contributed by atoms with Crippen LogP contribution in [0.25, 0.3) is 0 Å². The highest BCUT2D eigenvalue weighted by Crippen LogP contribution is 2.55. The summed E-state index contributed by atoms with van der Waals surface area (Å²) >= 11 is 0. The molecule has 1 aliphatic rings. The molecule has 0 fully saturated rings. The van der Waals surface area contributed by atoms with Crippen LogP contribution < -0.4 is 32.9 Å². The monoisotopic (exact) mass is 515 g/mol. The molecular formula is C28H23BrNO2P. The van der Waals surface area contributed by atoms with Gasteiger partial charge in [0.25, 0.3) is 11.8 Å². The van der Waals surface area contributed by atoms with Gasteiger partial charge in [0.15, 0.2) is 0 Å². The number of imide groups is 1. The van der Waals surface area contributed by atoms with Crippen LogP contribution in [0.5, 0.6) is 0 Å². The van der Waals surface area contributed by atoms with Crippen molar-refractivity contribution < 1.29 is 26.6 Å². The average molecular weight is 516 g/mol. The molecule has 0 N–H and O–H groups in total. The van der Waals surface area contributed by atoms with E-state index in [4.69, 9.17) is 0 Å². The molecule has 4 aromatic rings. The standard InChI is InChI=1S/C28H23NO2P.BrH/c30-27-25-18-10-11-19-26(25)28(31)29(27)20-21-32(22-12-4-1-5-13-22,23-14-6-2-7-15-23)24-16-8-3-9-17-24;/h1-19H,20-21H2;1H/q+1;/p-1. The van der Waals surface area contributed by atoms with Gasteiger partial charge < -0.3 is 17.0 Å². The van der Waals surface area contributed by atoms with Gasteiger partial charge in [-0.05, 0) is 48.5 Å². The molecule has 0 aliphatic carbocycles. The second-order valence-electron chi connectivity index (χ2n) is 7.85. The minimum Gasteiger partial charge on any atom is -1.00 e. The molecule has 164 valence electrons. The number of nitrogens with zero attached hydrogens (tertiary/aromatic N) is 1. The predicted octanol–water partition coefficient (Wildman–Crippen LogP) is 1.28. The molecule has 0 unspecified atom stereocenters. The maximum Gasteiger partial charge on any atom is 0.261 e. The molecule has 0 saturated carbocycles. The Morgan fingerprint density at radius 3 is 1.21 bits per heavy atom. The van der Waals surface area contributed by atoms with Crippen LogP contribution in [0.15, 0.2) is 115 Å². The van der Waals surface area contributed by atoms with Crippen molar-refractivity contribution in [2.45, 2.75) is 0 Å². The molecule has 0 bridgehead atoms. The van der Waals surface area contributed by atoms with E-state index >= 15 is 0 Å². The molecule has 5 heteroatoms. The Kier molecular flexibility index (Phi) is 6.88. The third kappa shape index (κ3) is 4.06. The summed E-state index contributed by atoms with van der Waals surface area (Å²) in [5, 5.41) is 3.73. The summed E-state index contributed by atoms with van der Waals surface area (Å²) in [5.74, 6) is -0.393. The lowest BCUT2D eigenvalue weighted by Crippen LogP contribution is -3.00. The second kappa shape index (κ2) is 9.82. The predicted molar refractivity (Wildman–Crippen MR) is 132 cm³/mol. The lowest BCUT2D eigenvalue weighted by Gasteiger charge is -2.29. The van der Waals surface area contributed by atoms with Crippen molar-refractivity contribution >= 4 is 35.0 Å². The fourth-order valence-electron chi connectivity index (χ4n) is 4.57. The Morgan fingerprint density at radius 2 is 0.848 bits per heavy atom. The number of benzene rings is 4. The molecule has 5 rings (SSSR count). The zero-order valence-corrected chi connectivity index (χ0v) is 20.5. The van der Waals surface area contributed by atoms with Gasteiger partial charge in [-0.15, -0.1) is 0 Å². The van der Waals surface area contributed by atoms with Crippen molar-refractivity contribution in [2.75, 3.05) is 12.7 Å². The topological polar surface area (TPSA) is 37.4 Å². The first-order valence-electron chi connectivity index (χ1n) is 10.7. The molecule has 4 aromatic carbocycles. The number of rotatable bonds is 6. The van der Waals surface area contributed by atoms with E-state index in [-0.39, 0.29) is 28.8 Å². The van der Waals surface area contributed by atoms with E-state index in [9.17, 15) is 9.59 Å². The summed E-state index contributed by atoms with van der Waals surface area (Å²) in [6, 6.07) is 38.6. The maximum absolute atomic E-state index is 13.1. The zero-order valence-electron chi connectivity index (χ0n) is 18.0. The molecule has 0 atom stereocenters. The van der Waals surface area contributed by atoms with Gasteiger partial charge in [0.1, 0.15) is 23.2 Å². The van der Waals surface area contributed by atoms with E-state index in [0.717, 1.165) is 0 Å². The van der Waals surface area contributed by atoms with Crippen LogP contribution in [0.2, 0.25) is 0 Å². The third-order valence-electron chi connectivity index (χ3n) is 6.13. The second-order valence-corrected chi connectivity index (χ2v) is 11.5. The molecular weight excluding hydrogens is 493 g/mol. The van der Waals surface area contributed by atoms with Crippen LogP contribution in [0.1, 0.15) is 20.7 Å². The highest BCUT2D eigenvalue weighted by molar-refractivity contribution is 7.95. The first kappa shape index (κ1) is 23.1. The molecule has 0 radical (unpaired) electrons. The van der Waals surface area contributed by atoms with Gasteiger partial charge in [0, 0.05) is 0 Å².